The van der Waals surface area contributed by atoms with Crippen molar-refractivity contribution in [3.63, 3.8) is 0 Å². The fourth-order valence-electron chi connectivity index (χ4n) is 1.86. The number of benzene rings is 1. The number of aryl methyl sites for hydroxylation is 1. The van der Waals surface area contributed by atoms with Gasteiger partial charge in [0.05, 0.1) is 13.5 Å². The summed E-state index contributed by atoms with van der Waals surface area (Å²) >= 11 is 0. The second kappa shape index (κ2) is 4.68. The van der Waals surface area contributed by atoms with Gasteiger partial charge in [-0.1, -0.05) is 0 Å². The molecular formula is C12H12N4O3. The number of carbonyl (C=O) groups is 1. The van der Waals surface area contributed by atoms with Gasteiger partial charge >= 0.3 is 0 Å². The van der Waals surface area contributed by atoms with Gasteiger partial charge in [-0.25, -0.2) is 0 Å². The summed E-state index contributed by atoms with van der Waals surface area (Å²) in [4.78, 5) is 13.4. The Hall–Kier alpha value is -2.44. The van der Waals surface area contributed by atoms with E-state index in [9.17, 15) is 4.79 Å². The van der Waals surface area contributed by atoms with Gasteiger partial charge in [0.1, 0.15) is 13.2 Å². The minimum absolute atomic E-state index is 0.0787. The van der Waals surface area contributed by atoms with Crippen LogP contribution in [0.3, 0.4) is 0 Å². The van der Waals surface area contributed by atoms with E-state index in [0.29, 0.717) is 36.1 Å². The molecule has 0 amide bonds. The maximum Gasteiger partial charge on any atom is 0.182 e. The van der Waals surface area contributed by atoms with Crippen molar-refractivity contribution < 1.29 is 14.3 Å². The fourth-order valence-corrected chi connectivity index (χ4v) is 1.86. The van der Waals surface area contributed by atoms with Gasteiger partial charge in [-0.3, -0.25) is 4.79 Å². The monoisotopic (exact) mass is 260 g/mol. The smallest absolute Gasteiger partial charge is 0.182 e. The van der Waals surface area contributed by atoms with Gasteiger partial charge < -0.3 is 9.47 Å². The lowest BCUT2D eigenvalue weighted by Crippen LogP contribution is -2.16. The number of ether oxygens (including phenoxy) is 2. The van der Waals surface area contributed by atoms with Crippen LogP contribution in [0.15, 0.2) is 18.2 Å². The molecule has 1 aliphatic rings. The molecule has 3 rings (SSSR count). The number of hydrogen-bond acceptors (Lipinski definition) is 6. The molecular weight excluding hydrogens is 248 g/mol. The number of tetrazole rings is 1. The van der Waals surface area contributed by atoms with Gasteiger partial charge in [-0.05, 0) is 23.4 Å². The van der Waals surface area contributed by atoms with Crippen molar-refractivity contribution in [3.8, 4) is 11.5 Å². The molecule has 0 N–H and O–H groups in total. The Morgan fingerprint density at radius 2 is 2.11 bits per heavy atom. The lowest BCUT2D eigenvalue weighted by Gasteiger charge is -2.18. The molecule has 0 radical (unpaired) electrons. The Morgan fingerprint density at radius 1 is 1.32 bits per heavy atom. The van der Waals surface area contributed by atoms with Crippen LogP contribution in [0.2, 0.25) is 0 Å². The van der Waals surface area contributed by atoms with Crippen LogP contribution in [0.4, 0.5) is 0 Å². The highest BCUT2D eigenvalue weighted by Crippen LogP contribution is 2.30. The molecule has 0 spiro atoms. The second-order valence-corrected chi connectivity index (χ2v) is 4.15. The predicted octanol–water partition coefficient (Wildman–Crippen LogP) is 0.407. The maximum absolute atomic E-state index is 12.1. The average molecular weight is 260 g/mol. The van der Waals surface area contributed by atoms with E-state index in [1.165, 1.54) is 4.80 Å². The third-order valence-corrected chi connectivity index (χ3v) is 2.73. The summed E-state index contributed by atoms with van der Waals surface area (Å²) in [6.07, 6.45) is 0.119. The first-order valence-electron chi connectivity index (χ1n) is 5.88. The maximum atomic E-state index is 12.1. The summed E-state index contributed by atoms with van der Waals surface area (Å²) in [6, 6.07) is 5.14. The van der Waals surface area contributed by atoms with E-state index in [1.807, 2.05) is 0 Å². The molecule has 7 nitrogen and oxygen atoms in total. The summed E-state index contributed by atoms with van der Waals surface area (Å²) < 4.78 is 10.8. The highest BCUT2D eigenvalue weighted by molar-refractivity contribution is 5.97. The number of ketones is 1. The summed E-state index contributed by atoms with van der Waals surface area (Å²) in [6.45, 7) is 1.03. The van der Waals surface area contributed by atoms with Crippen LogP contribution in [0, 0.1) is 0 Å². The first kappa shape index (κ1) is 11.6. The predicted molar refractivity (Wildman–Crippen MR) is 64.3 cm³/mol. The van der Waals surface area contributed by atoms with Gasteiger partial charge in [0.25, 0.3) is 0 Å². The van der Waals surface area contributed by atoms with Crippen LogP contribution in [0.25, 0.3) is 0 Å². The van der Waals surface area contributed by atoms with E-state index in [-0.39, 0.29) is 12.2 Å². The fraction of sp³-hybridized carbons (Fsp3) is 0.333. The molecule has 2 aromatic rings. The van der Waals surface area contributed by atoms with Crippen LogP contribution in [-0.4, -0.2) is 39.2 Å². The lowest BCUT2D eigenvalue weighted by atomic mass is 10.1. The molecule has 1 aromatic carbocycles. The van der Waals surface area contributed by atoms with Crippen LogP contribution >= 0.6 is 0 Å². The topological polar surface area (TPSA) is 79.1 Å². The van der Waals surface area contributed by atoms with Crippen LogP contribution in [0.1, 0.15) is 16.2 Å². The zero-order valence-electron chi connectivity index (χ0n) is 10.4. The number of nitrogens with zero attached hydrogens (tertiary/aromatic N) is 4. The minimum atomic E-state index is -0.0787. The minimum Gasteiger partial charge on any atom is -0.486 e. The zero-order chi connectivity index (χ0) is 13.2. The molecule has 19 heavy (non-hydrogen) atoms. The summed E-state index contributed by atoms with van der Waals surface area (Å²) in [7, 11) is 1.66. The third kappa shape index (κ3) is 2.40. The third-order valence-electron chi connectivity index (χ3n) is 2.73. The Bertz CT molecular complexity index is 623. The lowest BCUT2D eigenvalue weighted by molar-refractivity contribution is 0.0989. The van der Waals surface area contributed by atoms with E-state index < -0.39 is 0 Å². The van der Waals surface area contributed by atoms with Crippen molar-refractivity contribution in [3.05, 3.63) is 29.6 Å². The molecule has 2 heterocycles. The molecule has 98 valence electrons. The molecule has 1 aromatic heterocycles. The highest BCUT2D eigenvalue weighted by atomic mass is 16.6. The van der Waals surface area contributed by atoms with E-state index in [2.05, 4.69) is 15.4 Å². The van der Waals surface area contributed by atoms with E-state index in [4.69, 9.17) is 9.47 Å². The van der Waals surface area contributed by atoms with Crippen LogP contribution < -0.4 is 9.47 Å². The number of aromatic nitrogens is 4. The van der Waals surface area contributed by atoms with Gasteiger partial charge in [0, 0.05) is 5.56 Å². The molecule has 0 atom stereocenters. The average Bonchev–Trinajstić information content (AvgIpc) is 2.83. The zero-order valence-corrected chi connectivity index (χ0v) is 10.4. The van der Waals surface area contributed by atoms with Crippen molar-refractivity contribution in [1.82, 2.24) is 20.2 Å². The molecule has 1 aliphatic heterocycles. The summed E-state index contributed by atoms with van der Waals surface area (Å²) in [5, 5.41) is 11.5. The molecule has 0 aliphatic carbocycles. The largest absolute Gasteiger partial charge is 0.486 e. The first-order valence-corrected chi connectivity index (χ1v) is 5.88. The molecule has 0 bridgehead atoms. The standard InChI is InChI=1S/C12H12N4O3/c1-16-14-12(13-15-16)7-9(17)8-2-3-10-11(6-8)19-5-4-18-10/h2-3,6H,4-5,7H2,1H3. The Labute approximate surface area is 109 Å². The molecule has 0 fully saturated rings. The SMILES string of the molecule is Cn1nnc(CC(=O)c2ccc3c(c2)OCCO3)n1. The van der Waals surface area contributed by atoms with E-state index >= 15 is 0 Å². The van der Waals surface area contributed by atoms with Crippen molar-refractivity contribution in [2.45, 2.75) is 6.42 Å². The van der Waals surface area contributed by atoms with Crippen LogP contribution in [0.5, 0.6) is 11.5 Å². The van der Waals surface area contributed by atoms with Crippen molar-refractivity contribution in [1.29, 1.82) is 0 Å². The Morgan fingerprint density at radius 3 is 2.84 bits per heavy atom. The van der Waals surface area contributed by atoms with Gasteiger partial charge in [-0.15, -0.1) is 10.2 Å². The summed E-state index contributed by atoms with van der Waals surface area (Å²) in [5.41, 5.74) is 0.553. The number of carbonyl (C=O) groups excluding carboxylic acids is 1. The Balaban J connectivity index is 1.80. The quantitative estimate of drug-likeness (QED) is 0.743. The van der Waals surface area contributed by atoms with E-state index in [0.717, 1.165) is 0 Å². The van der Waals surface area contributed by atoms with Crippen LogP contribution in [-0.2, 0) is 13.5 Å². The molecule has 7 heteroatoms. The van der Waals surface area contributed by atoms with Crippen molar-refractivity contribution >= 4 is 5.78 Å². The molecule has 0 unspecified atom stereocenters. The van der Waals surface area contributed by atoms with E-state index in [1.54, 1.807) is 25.2 Å². The second-order valence-electron chi connectivity index (χ2n) is 4.15. The van der Waals surface area contributed by atoms with Gasteiger partial charge in [0.15, 0.2) is 23.1 Å². The molecule has 0 saturated heterocycles. The summed E-state index contributed by atoms with van der Waals surface area (Å²) in [5.74, 6) is 1.59. The first-order chi connectivity index (χ1) is 9.22. The van der Waals surface area contributed by atoms with Gasteiger partial charge in [0.2, 0.25) is 0 Å². The number of fused-ring (bicyclic) bond motifs is 1. The van der Waals surface area contributed by atoms with Gasteiger partial charge in [-0.2, -0.15) is 4.80 Å². The number of rotatable bonds is 3. The number of Topliss-reactive ketones (excluding diaryl/α,β-unsaturated/α-hetero) is 1. The normalized spacial score (nSPS) is 13.3. The molecule has 0 saturated carbocycles. The van der Waals surface area contributed by atoms with Crippen molar-refractivity contribution in [2.75, 3.05) is 13.2 Å². The highest BCUT2D eigenvalue weighted by Gasteiger charge is 2.16. The Kier molecular flexibility index (Phi) is 2.86. The van der Waals surface area contributed by atoms with Crippen molar-refractivity contribution in [2.24, 2.45) is 7.05 Å². The number of hydrogen-bond donors (Lipinski definition) is 0.